The van der Waals surface area contributed by atoms with Gasteiger partial charge in [0, 0.05) is 32.5 Å². The van der Waals surface area contributed by atoms with Gasteiger partial charge in [-0.3, -0.25) is 0 Å². The van der Waals surface area contributed by atoms with E-state index in [0.29, 0.717) is 17.6 Å². The lowest BCUT2D eigenvalue weighted by atomic mass is 10.3. The van der Waals surface area contributed by atoms with Crippen LogP contribution in [0.4, 0.5) is 5.69 Å². The van der Waals surface area contributed by atoms with Gasteiger partial charge < -0.3 is 5.73 Å². The Kier molecular flexibility index (Phi) is 5.11. The van der Waals surface area contributed by atoms with Gasteiger partial charge in [-0.15, -0.1) is 0 Å². The Morgan fingerprint density at radius 1 is 1.25 bits per heavy atom. The molecule has 2 rings (SSSR count). The summed E-state index contributed by atoms with van der Waals surface area (Å²) in [5, 5.41) is 0.563. The molecule has 1 aliphatic heterocycles. The molecule has 1 heterocycles. The summed E-state index contributed by atoms with van der Waals surface area (Å²) in [4.78, 5) is 0.159. The highest BCUT2D eigenvalue weighted by atomic mass is 79.9. The van der Waals surface area contributed by atoms with Crippen LogP contribution in [-0.2, 0) is 10.0 Å². The van der Waals surface area contributed by atoms with Crippen LogP contribution in [0.1, 0.15) is 13.8 Å². The zero-order valence-electron chi connectivity index (χ0n) is 11.1. The number of thioether (sulfide) groups is 1. The number of sulfonamides is 1. The Labute approximate surface area is 140 Å². The number of rotatable bonds is 2. The minimum Gasteiger partial charge on any atom is -0.398 e. The van der Waals surface area contributed by atoms with Crippen molar-refractivity contribution in [1.29, 1.82) is 0 Å². The average Bonchev–Trinajstić information content (AvgIpc) is 2.25. The van der Waals surface area contributed by atoms with Gasteiger partial charge >= 0.3 is 0 Å². The first kappa shape index (κ1) is 16.6. The molecule has 20 heavy (non-hydrogen) atoms. The van der Waals surface area contributed by atoms with Gasteiger partial charge in [-0.2, -0.15) is 16.1 Å². The Bertz CT molecular complexity index is 589. The van der Waals surface area contributed by atoms with Gasteiger partial charge in [0.05, 0.1) is 5.69 Å². The van der Waals surface area contributed by atoms with Crippen LogP contribution in [0, 0.1) is 0 Å². The predicted octanol–water partition coefficient (Wildman–Crippen LogP) is 3.31. The van der Waals surface area contributed by atoms with E-state index in [1.807, 2.05) is 25.6 Å². The topological polar surface area (TPSA) is 63.4 Å². The zero-order valence-corrected chi connectivity index (χ0v) is 15.9. The molecule has 1 fully saturated rings. The Morgan fingerprint density at radius 3 is 2.30 bits per heavy atom. The lowest BCUT2D eigenvalue weighted by Gasteiger charge is -2.34. The van der Waals surface area contributed by atoms with Crippen LogP contribution in [0.3, 0.4) is 0 Å². The monoisotopic (exact) mass is 442 g/mol. The summed E-state index contributed by atoms with van der Waals surface area (Å²) in [5.74, 6) is 0. The molecule has 0 aromatic heterocycles. The maximum atomic E-state index is 12.8. The molecule has 0 spiro atoms. The van der Waals surface area contributed by atoms with E-state index in [1.54, 1.807) is 12.1 Å². The summed E-state index contributed by atoms with van der Waals surface area (Å²) in [6.07, 6.45) is 0. The molecule has 2 atom stereocenters. The maximum absolute atomic E-state index is 12.8. The van der Waals surface area contributed by atoms with Crippen molar-refractivity contribution in [3.05, 3.63) is 21.1 Å². The highest BCUT2D eigenvalue weighted by Crippen LogP contribution is 2.36. The zero-order chi connectivity index (χ0) is 15.1. The van der Waals surface area contributed by atoms with Gasteiger partial charge in [-0.25, -0.2) is 8.42 Å². The van der Waals surface area contributed by atoms with Crippen LogP contribution in [0.25, 0.3) is 0 Å². The van der Waals surface area contributed by atoms with Crippen molar-refractivity contribution in [2.24, 2.45) is 0 Å². The van der Waals surface area contributed by atoms with Gasteiger partial charge in [0.15, 0.2) is 0 Å². The molecule has 1 aromatic rings. The number of nitrogen functional groups attached to an aromatic ring is 1. The van der Waals surface area contributed by atoms with E-state index in [9.17, 15) is 8.42 Å². The van der Waals surface area contributed by atoms with E-state index < -0.39 is 10.0 Å². The van der Waals surface area contributed by atoms with Gasteiger partial charge in [0.25, 0.3) is 0 Å². The van der Waals surface area contributed by atoms with E-state index >= 15 is 0 Å². The molecule has 1 aliphatic rings. The van der Waals surface area contributed by atoms with Gasteiger partial charge in [0.2, 0.25) is 10.0 Å². The smallest absolute Gasteiger partial charge is 0.246 e. The summed E-state index contributed by atoms with van der Waals surface area (Å²) < 4.78 is 28.4. The number of benzene rings is 1. The standard InChI is InChI=1S/C12H16Br2N2O2S2/c1-7-5-16(6-8(2)19-7)20(17,18)12-10(14)3-9(13)4-11(12)15/h3-4,7-8H,5-6,15H2,1-2H3. The van der Waals surface area contributed by atoms with Crippen LogP contribution < -0.4 is 5.73 Å². The van der Waals surface area contributed by atoms with E-state index in [-0.39, 0.29) is 21.1 Å². The minimum absolute atomic E-state index is 0.159. The Hall–Kier alpha value is 0.240. The fourth-order valence-corrected chi connectivity index (χ4v) is 7.45. The van der Waals surface area contributed by atoms with Crippen molar-refractivity contribution < 1.29 is 8.42 Å². The number of anilines is 1. The van der Waals surface area contributed by atoms with Crippen molar-refractivity contribution >= 4 is 59.3 Å². The van der Waals surface area contributed by atoms with Crippen LogP contribution in [0.5, 0.6) is 0 Å². The molecule has 0 amide bonds. The van der Waals surface area contributed by atoms with Crippen molar-refractivity contribution in [2.45, 2.75) is 29.2 Å². The summed E-state index contributed by atoms with van der Waals surface area (Å²) in [6, 6.07) is 3.32. The first-order valence-electron chi connectivity index (χ1n) is 6.12. The number of nitrogens with two attached hydrogens (primary N) is 1. The lowest BCUT2D eigenvalue weighted by molar-refractivity contribution is 0.405. The highest BCUT2D eigenvalue weighted by Gasteiger charge is 2.34. The van der Waals surface area contributed by atoms with E-state index in [0.717, 1.165) is 4.47 Å². The maximum Gasteiger partial charge on any atom is 0.246 e. The predicted molar refractivity (Wildman–Crippen MR) is 91.5 cm³/mol. The summed E-state index contributed by atoms with van der Waals surface area (Å²) in [5.41, 5.74) is 6.17. The number of nitrogens with zero attached hydrogens (tertiary/aromatic N) is 1. The quantitative estimate of drug-likeness (QED) is 0.712. The fourth-order valence-electron chi connectivity index (χ4n) is 2.31. The molecule has 1 aromatic carbocycles. The van der Waals surface area contributed by atoms with Gasteiger partial charge in [-0.05, 0) is 28.1 Å². The fraction of sp³-hybridized carbons (Fsp3) is 0.500. The molecule has 8 heteroatoms. The van der Waals surface area contributed by atoms with Crippen LogP contribution in [0.2, 0.25) is 0 Å². The second-order valence-electron chi connectivity index (χ2n) is 4.89. The summed E-state index contributed by atoms with van der Waals surface area (Å²) >= 11 is 8.43. The summed E-state index contributed by atoms with van der Waals surface area (Å²) in [6.45, 7) is 5.12. The molecule has 2 N–H and O–H groups in total. The number of hydrogen-bond acceptors (Lipinski definition) is 4. The molecule has 4 nitrogen and oxygen atoms in total. The normalized spacial score (nSPS) is 24.8. The number of hydrogen-bond donors (Lipinski definition) is 1. The third-order valence-corrected chi connectivity index (χ3v) is 7.54. The summed E-state index contributed by atoms with van der Waals surface area (Å²) in [7, 11) is -3.58. The molecule has 0 aliphatic carbocycles. The van der Waals surface area contributed by atoms with Crippen LogP contribution in [-0.4, -0.2) is 36.3 Å². The lowest BCUT2D eigenvalue weighted by Crippen LogP contribution is -2.44. The second-order valence-corrected chi connectivity index (χ2v) is 10.4. The van der Waals surface area contributed by atoms with E-state index in [1.165, 1.54) is 4.31 Å². The van der Waals surface area contributed by atoms with Gasteiger partial charge in [0.1, 0.15) is 4.90 Å². The van der Waals surface area contributed by atoms with Crippen molar-refractivity contribution in [1.82, 2.24) is 4.31 Å². The first-order valence-corrected chi connectivity index (χ1v) is 10.1. The molecule has 0 saturated carbocycles. The van der Waals surface area contributed by atoms with E-state index in [2.05, 4.69) is 31.9 Å². The molecule has 1 saturated heterocycles. The molecule has 0 bridgehead atoms. The van der Waals surface area contributed by atoms with Crippen LogP contribution in [0.15, 0.2) is 26.0 Å². The Balaban J connectivity index is 2.45. The van der Waals surface area contributed by atoms with Crippen LogP contribution >= 0.6 is 43.6 Å². The molecular weight excluding hydrogens is 428 g/mol. The molecule has 112 valence electrons. The van der Waals surface area contributed by atoms with Crippen molar-refractivity contribution in [3.8, 4) is 0 Å². The first-order chi connectivity index (χ1) is 9.21. The Morgan fingerprint density at radius 2 is 1.80 bits per heavy atom. The largest absolute Gasteiger partial charge is 0.398 e. The highest BCUT2D eigenvalue weighted by molar-refractivity contribution is 9.11. The third-order valence-electron chi connectivity index (χ3n) is 3.02. The van der Waals surface area contributed by atoms with Gasteiger partial charge in [-0.1, -0.05) is 29.8 Å². The molecule has 0 radical (unpaired) electrons. The third kappa shape index (κ3) is 3.35. The second kappa shape index (κ2) is 6.16. The SMILES string of the molecule is CC1CN(S(=O)(=O)c2c(N)cc(Br)cc2Br)CC(C)S1. The minimum atomic E-state index is -3.58. The van der Waals surface area contributed by atoms with Crippen molar-refractivity contribution in [2.75, 3.05) is 18.8 Å². The van der Waals surface area contributed by atoms with Crippen molar-refractivity contribution in [3.63, 3.8) is 0 Å². The molecule has 2 unspecified atom stereocenters. The number of halogens is 2. The van der Waals surface area contributed by atoms with E-state index in [4.69, 9.17) is 5.73 Å². The molecular formula is C12H16Br2N2O2S2. The average molecular weight is 444 g/mol.